The van der Waals surface area contributed by atoms with Crippen LogP contribution in [0.1, 0.15) is 136 Å². The largest absolute Gasteiger partial charge is 0.394 e. The van der Waals surface area contributed by atoms with Crippen LogP contribution in [0.15, 0.2) is 24.3 Å². The third-order valence-electron chi connectivity index (χ3n) is 8.34. The van der Waals surface area contributed by atoms with Gasteiger partial charge in [-0.25, -0.2) is 0 Å². The summed E-state index contributed by atoms with van der Waals surface area (Å²) in [6, 6.07) is -0.813. The van der Waals surface area contributed by atoms with E-state index in [1.54, 1.807) is 13.0 Å². The molecule has 0 aliphatic carbocycles. The van der Waals surface area contributed by atoms with Gasteiger partial charge in [-0.3, -0.25) is 4.79 Å². The van der Waals surface area contributed by atoms with Gasteiger partial charge in [-0.2, -0.15) is 0 Å². The molecule has 0 spiro atoms. The number of carbonyl (C=O) groups excluding carboxylic acids is 1. The molecule has 1 heterocycles. The molecule has 9 nitrogen and oxygen atoms in total. The molecule has 0 aromatic carbocycles. The van der Waals surface area contributed by atoms with E-state index in [9.17, 15) is 30.3 Å². The Kier molecular flexibility index (Phi) is 24.8. The van der Waals surface area contributed by atoms with E-state index in [4.69, 9.17) is 9.47 Å². The molecular formula is C35H65NO8. The first kappa shape index (κ1) is 40.7. The highest BCUT2D eigenvalue weighted by Crippen LogP contribution is 2.22. The molecule has 1 amide bonds. The number of hydrogen-bond donors (Lipinski definition) is 6. The van der Waals surface area contributed by atoms with Crippen LogP contribution in [0, 0.1) is 0 Å². The molecule has 44 heavy (non-hydrogen) atoms. The zero-order valence-electron chi connectivity index (χ0n) is 27.7. The Morgan fingerprint density at radius 2 is 1.27 bits per heavy atom. The molecule has 0 bridgehead atoms. The first-order valence-corrected chi connectivity index (χ1v) is 17.6. The number of rotatable bonds is 27. The SMILES string of the molecule is CCCCCCCCCCCCCCCCC/C=C/CC/C=C/C(O)C(COC1OC(CO)C(O)C(O)C1O)NC(=O)CC. The Labute approximate surface area is 267 Å². The van der Waals surface area contributed by atoms with Gasteiger partial charge in [0.15, 0.2) is 6.29 Å². The van der Waals surface area contributed by atoms with E-state index >= 15 is 0 Å². The highest BCUT2D eigenvalue weighted by atomic mass is 16.7. The summed E-state index contributed by atoms with van der Waals surface area (Å²) < 4.78 is 10.9. The van der Waals surface area contributed by atoms with Crippen molar-refractivity contribution in [2.24, 2.45) is 0 Å². The lowest BCUT2D eigenvalue weighted by molar-refractivity contribution is -0.302. The second-order valence-electron chi connectivity index (χ2n) is 12.3. The number of ether oxygens (including phenoxy) is 2. The molecule has 0 saturated carbocycles. The van der Waals surface area contributed by atoms with Gasteiger partial charge in [-0.15, -0.1) is 0 Å². The van der Waals surface area contributed by atoms with Crippen LogP contribution in [0.4, 0.5) is 0 Å². The van der Waals surface area contributed by atoms with Crippen molar-refractivity contribution in [3.8, 4) is 0 Å². The third-order valence-corrected chi connectivity index (χ3v) is 8.34. The summed E-state index contributed by atoms with van der Waals surface area (Å²) in [7, 11) is 0. The van der Waals surface area contributed by atoms with Crippen molar-refractivity contribution in [1.82, 2.24) is 5.32 Å². The lowest BCUT2D eigenvalue weighted by atomic mass is 9.99. The van der Waals surface area contributed by atoms with Crippen LogP contribution in [0.5, 0.6) is 0 Å². The van der Waals surface area contributed by atoms with E-state index < -0.39 is 49.5 Å². The van der Waals surface area contributed by atoms with Gasteiger partial charge < -0.3 is 40.3 Å². The lowest BCUT2D eigenvalue weighted by Gasteiger charge is -2.40. The van der Waals surface area contributed by atoms with Crippen molar-refractivity contribution >= 4 is 5.91 Å². The predicted octanol–water partition coefficient (Wildman–Crippen LogP) is 5.21. The van der Waals surface area contributed by atoms with E-state index in [1.165, 1.54) is 96.3 Å². The number of aliphatic hydroxyl groups is 5. The van der Waals surface area contributed by atoms with Gasteiger partial charge in [0.25, 0.3) is 0 Å². The maximum absolute atomic E-state index is 12.0. The Morgan fingerprint density at radius 1 is 0.750 bits per heavy atom. The molecule has 0 aromatic rings. The van der Waals surface area contributed by atoms with Crippen molar-refractivity contribution < 1.29 is 39.8 Å². The Morgan fingerprint density at radius 3 is 1.82 bits per heavy atom. The summed E-state index contributed by atoms with van der Waals surface area (Å²) in [5.74, 6) is -0.276. The first-order chi connectivity index (χ1) is 21.3. The first-order valence-electron chi connectivity index (χ1n) is 17.6. The fraction of sp³-hybridized carbons (Fsp3) is 0.857. The van der Waals surface area contributed by atoms with E-state index in [0.29, 0.717) is 0 Å². The molecule has 1 saturated heterocycles. The molecule has 0 aromatic heterocycles. The number of amides is 1. The minimum absolute atomic E-state index is 0.209. The van der Waals surface area contributed by atoms with Gasteiger partial charge in [0, 0.05) is 6.42 Å². The van der Waals surface area contributed by atoms with Crippen LogP contribution in [0.25, 0.3) is 0 Å². The van der Waals surface area contributed by atoms with Crippen LogP contribution < -0.4 is 5.32 Å². The van der Waals surface area contributed by atoms with Crippen LogP contribution in [-0.2, 0) is 14.3 Å². The van der Waals surface area contributed by atoms with E-state index in [2.05, 4.69) is 24.4 Å². The molecule has 7 atom stereocenters. The Hall–Kier alpha value is -1.33. The minimum atomic E-state index is -1.56. The van der Waals surface area contributed by atoms with Gasteiger partial charge in [-0.05, 0) is 25.7 Å². The van der Waals surface area contributed by atoms with Crippen LogP contribution in [0.2, 0.25) is 0 Å². The lowest BCUT2D eigenvalue weighted by Crippen LogP contribution is -2.60. The fourth-order valence-electron chi connectivity index (χ4n) is 5.37. The second kappa shape index (κ2) is 26.8. The summed E-state index contributed by atoms with van der Waals surface area (Å²) >= 11 is 0. The van der Waals surface area contributed by atoms with Crippen molar-refractivity contribution in [2.45, 2.75) is 179 Å². The van der Waals surface area contributed by atoms with Crippen LogP contribution in [-0.4, -0.2) is 87.5 Å². The normalized spacial score (nSPS) is 23.8. The molecule has 1 fully saturated rings. The Balaban J connectivity index is 2.17. The number of unbranched alkanes of at least 4 members (excludes halogenated alkanes) is 16. The van der Waals surface area contributed by atoms with E-state index in [-0.39, 0.29) is 18.9 Å². The van der Waals surface area contributed by atoms with Gasteiger partial charge in [0.05, 0.1) is 25.4 Å². The highest BCUT2D eigenvalue weighted by molar-refractivity contribution is 5.75. The van der Waals surface area contributed by atoms with Crippen LogP contribution in [0.3, 0.4) is 0 Å². The molecule has 1 aliphatic heterocycles. The van der Waals surface area contributed by atoms with Gasteiger partial charge in [-0.1, -0.05) is 128 Å². The predicted molar refractivity (Wildman–Crippen MR) is 175 cm³/mol. The summed E-state index contributed by atoms with van der Waals surface area (Å²) in [4.78, 5) is 12.0. The minimum Gasteiger partial charge on any atom is -0.394 e. The molecule has 1 aliphatic rings. The number of aliphatic hydroxyl groups excluding tert-OH is 5. The maximum atomic E-state index is 12.0. The van der Waals surface area contributed by atoms with Gasteiger partial charge in [0.1, 0.15) is 24.4 Å². The Bertz CT molecular complexity index is 746. The standard InChI is InChI=1S/C35H65NO8/c1-3-5-6-7-8-9-10-11-12-13-14-15-16-17-18-19-20-21-22-23-24-25-29(38)28(36-31(39)4-2)27-43-35-34(42)33(41)32(40)30(26-37)44-35/h20-21,24-25,28-30,32-35,37-38,40-42H,3-19,22-23,26-27H2,1-2H3,(H,36,39)/b21-20+,25-24+. The zero-order chi connectivity index (χ0) is 32.4. The van der Waals surface area contributed by atoms with Gasteiger partial charge >= 0.3 is 0 Å². The zero-order valence-corrected chi connectivity index (χ0v) is 27.7. The van der Waals surface area contributed by atoms with Crippen molar-refractivity contribution in [3.63, 3.8) is 0 Å². The van der Waals surface area contributed by atoms with E-state index in [1.807, 2.05) is 6.08 Å². The third kappa shape index (κ3) is 18.6. The molecule has 7 unspecified atom stereocenters. The quantitative estimate of drug-likeness (QED) is 0.0537. The topological polar surface area (TPSA) is 149 Å². The summed E-state index contributed by atoms with van der Waals surface area (Å²) in [6.45, 7) is 3.19. The second-order valence-corrected chi connectivity index (χ2v) is 12.3. The average Bonchev–Trinajstić information content (AvgIpc) is 3.03. The maximum Gasteiger partial charge on any atom is 0.220 e. The molecule has 258 valence electrons. The average molecular weight is 628 g/mol. The molecule has 9 heteroatoms. The smallest absolute Gasteiger partial charge is 0.220 e. The molecule has 0 radical (unpaired) electrons. The van der Waals surface area contributed by atoms with Crippen molar-refractivity contribution in [2.75, 3.05) is 13.2 Å². The number of carbonyl (C=O) groups is 1. The summed E-state index contributed by atoms with van der Waals surface area (Å²) in [5.41, 5.74) is 0. The number of hydrogen-bond acceptors (Lipinski definition) is 8. The van der Waals surface area contributed by atoms with Crippen molar-refractivity contribution in [3.05, 3.63) is 24.3 Å². The molecule has 1 rings (SSSR count). The monoisotopic (exact) mass is 627 g/mol. The number of nitrogens with one attached hydrogen (secondary N) is 1. The summed E-state index contributed by atoms with van der Waals surface area (Å²) in [5, 5.41) is 52.8. The summed E-state index contributed by atoms with van der Waals surface area (Å²) in [6.07, 6.45) is 23.2. The highest BCUT2D eigenvalue weighted by Gasteiger charge is 2.44. The van der Waals surface area contributed by atoms with E-state index in [0.717, 1.165) is 19.3 Å². The molecule has 6 N–H and O–H groups in total. The van der Waals surface area contributed by atoms with Crippen LogP contribution >= 0.6 is 0 Å². The number of allylic oxidation sites excluding steroid dienone is 3. The van der Waals surface area contributed by atoms with Crippen molar-refractivity contribution in [1.29, 1.82) is 0 Å². The van der Waals surface area contributed by atoms with Gasteiger partial charge in [0.2, 0.25) is 5.91 Å². The fourth-order valence-corrected chi connectivity index (χ4v) is 5.37. The molecular weight excluding hydrogens is 562 g/mol.